The second-order valence-electron chi connectivity index (χ2n) is 5.32. The Kier molecular flexibility index (Phi) is 5.05. The zero-order valence-corrected chi connectivity index (χ0v) is 13.0. The number of methoxy groups -OCH3 is 1. The molecule has 0 saturated carbocycles. The second kappa shape index (κ2) is 7.39. The topological polar surface area (TPSA) is 70.8 Å². The highest BCUT2D eigenvalue weighted by atomic mass is 16.7. The summed E-state index contributed by atoms with van der Waals surface area (Å²) in [4.78, 5) is 16.0. The van der Waals surface area contributed by atoms with Gasteiger partial charge in [0.05, 0.1) is 19.3 Å². The van der Waals surface area contributed by atoms with Crippen LogP contribution in [-0.2, 0) is 20.8 Å². The van der Waals surface area contributed by atoms with Crippen molar-refractivity contribution in [2.45, 2.75) is 32.2 Å². The molecule has 1 fully saturated rings. The summed E-state index contributed by atoms with van der Waals surface area (Å²) in [6.45, 7) is 1.08. The van der Waals surface area contributed by atoms with Gasteiger partial charge in [0.25, 0.3) is 0 Å². The van der Waals surface area contributed by atoms with E-state index in [2.05, 4.69) is 4.98 Å². The van der Waals surface area contributed by atoms with Crippen LogP contribution >= 0.6 is 0 Å². The summed E-state index contributed by atoms with van der Waals surface area (Å²) in [5, 5.41) is 0. The summed E-state index contributed by atoms with van der Waals surface area (Å²) >= 11 is 0. The van der Waals surface area contributed by atoms with E-state index in [4.69, 9.17) is 18.6 Å². The molecule has 6 heteroatoms. The second-order valence-corrected chi connectivity index (χ2v) is 5.32. The first-order chi connectivity index (χ1) is 11.3. The third-order valence-electron chi connectivity index (χ3n) is 3.64. The molecule has 0 bridgehead atoms. The van der Waals surface area contributed by atoms with Gasteiger partial charge in [0.1, 0.15) is 12.0 Å². The van der Waals surface area contributed by atoms with Gasteiger partial charge in [-0.2, -0.15) is 0 Å². The SMILES string of the molecule is COC(=O)c1cccc(-c2nc(COC3CCCCO3)co2)c1. The van der Waals surface area contributed by atoms with Crippen LogP contribution in [-0.4, -0.2) is 31.0 Å². The predicted molar refractivity (Wildman–Crippen MR) is 81.7 cm³/mol. The van der Waals surface area contributed by atoms with Crippen LogP contribution in [0, 0.1) is 0 Å². The molecule has 1 unspecified atom stereocenters. The van der Waals surface area contributed by atoms with Gasteiger partial charge in [-0.05, 0) is 37.5 Å². The van der Waals surface area contributed by atoms with E-state index >= 15 is 0 Å². The summed E-state index contributed by atoms with van der Waals surface area (Å²) in [5.41, 5.74) is 1.86. The van der Waals surface area contributed by atoms with Crippen LogP contribution in [0.25, 0.3) is 11.5 Å². The van der Waals surface area contributed by atoms with Crippen LogP contribution in [0.5, 0.6) is 0 Å². The lowest BCUT2D eigenvalue weighted by atomic mass is 10.1. The maximum Gasteiger partial charge on any atom is 0.337 e. The van der Waals surface area contributed by atoms with Crippen molar-refractivity contribution in [3.05, 3.63) is 41.8 Å². The summed E-state index contributed by atoms with van der Waals surface area (Å²) in [5.74, 6) is 0.0512. The zero-order chi connectivity index (χ0) is 16.1. The van der Waals surface area contributed by atoms with Crippen molar-refractivity contribution in [3.8, 4) is 11.5 Å². The number of carbonyl (C=O) groups excluding carboxylic acids is 1. The minimum atomic E-state index is -0.392. The first kappa shape index (κ1) is 15.7. The third-order valence-corrected chi connectivity index (χ3v) is 3.64. The Bertz CT molecular complexity index is 661. The molecule has 3 rings (SSSR count). The average molecular weight is 317 g/mol. The number of hydrogen-bond donors (Lipinski definition) is 0. The lowest BCUT2D eigenvalue weighted by molar-refractivity contribution is -0.169. The molecule has 0 N–H and O–H groups in total. The van der Waals surface area contributed by atoms with Crippen molar-refractivity contribution in [2.24, 2.45) is 0 Å². The van der Waals surface area contributed by atoms with E-state index in [9.17, 15) is 4.79 Å². The zero-order valence-electron chi connectivity index (χ0n) is 13.0. The molecule has 1 atom stereocenters. The van der Waals surface area contributed by atoms with E-state index in [1.165, 1.54) is 7.11 Å². The molecule has 23 heavy (non-hydrogen) atoms. The molecular weight excluding hydrogens is 298 g/mol. The van der Waals surface area contributed by atoms with Gasteiger partial charge in [0, 0.05) is 12.2 Å². The number of oxazole rings is 1. The smallest absolute Gasteiger partial charge is 0.337 e. The predicted octanol–water partition coefficient (Wildman–Crippen LogP) is 3.17. The lowest BCUT2D eigenvalue weighted by Gasteiger charge is -2.22. The minimum absolute atomic E-state index is 0.161. The van der Waals surface area contributed by atoms with E-state index in [1.807, 2.05) is 6.07 Å². The number of aromatic nitrogens is 1. The highest BCUT2D eigenvalue weighted by Crippen LogP contribution is 2.21. The number of nitrogens with zero attached hydrogens (tertiary/aromatic N) is 1. The first-order valence-corrected chi connectivity index (χ1v) is 7.62. The van der Waals surface area contributed by atoms with E-state index in [-0.39, 0.29) is 6.29 Å². The van der Waals surface area contributed by atoms with Crippen LogP contribution in [0.3, 0.4) is 0 Å². The number of carbonyl (C=O) groups is 1. The van der Waals surface area contributed by atoms with Crippen molar-refractivity contribution < 1.29 is 23.4 Å². The number of benzene rings is 1. The Hall–Kier alpha value is -2.18. The van der Waals surface area contributed by atoms with Gasteiger partial charge in [-0.15, -0.1) is 0 Å². The number of esters is 1. The Morgan fingerprint density at radius 2 is 2.30 bits per heavy atom. The Morgan fingerprint density at radius 1 is 1.39 bits per heavy atom. The average Bonchev–Trinajstić information content (AvgIpc) is 3.09. The molecule has 0 radical (unpaired) electrons. The fourth-order valence-electron chi connectivity index (χ4n) is 2.42. The van der Waals surface area contributed by atoms with E-state index in [0.717, 1.165) is 25.9 Å². The Morgan fingerprint density at radius 3 is 3.09 bits per heavy atom. The maximum atomic E-state index is 11.6. The molecule has 2 heterocycles. The van der Waals surface area contributed by atoms with Crippen molar-refractivity contribution in [1.29, 1.82) is 0 Å². The van der Waals surface area contributed by atoms with Gasteiger partial charge in [-0.25, -0.2) is 9.78 Å². The van der Waals surface area contributed by atoms with E-state index in [0.29, 0.717) is 29.3 Å². The molecule has 1 aromatic carbocycles. The van der Waals surface area contributed by atoms with Crippen LogP contribution in [0.1, 0.15) is 35.3 Å². The molecule has 6 nitrogen and oxygen atoms in total. The fraction of sp³-hybridized carbons (Fsp3) is 0.412. The maximum absolute atomic E-state index is 11.6. The van der Waals surface area contributed by atoms with E-state index < -0.39 is 5.97 Å². The molecule has 1 saturated heterocycles. The van der Waals surface area contributed by atoms with Crippen LogP contribution < -0.4 is 0 Å². The Labute approximate surface area is 134 Å². The standard InChI is InChI=1S/C17H19NO5/c1-20-17(19)13-6-4-5-12(9-13)16-18-14(11-23-16)10-22-15-7-2-3-8-21-15/h4-6,9,11,15H,2-3,7-8,10H2,1H3. The summed E-state index contributed by atoms with van der Waals surface area (Å²) in [6.07, 6.45) is 4.51. The van der Waals surface area contributed by atoms with Gasteiger partial charge >= 0.3 is 5.97 Å². The summed E-state index contributed by atoms with van der Waals surface area (Å²) < 4.78 is 21.4. The van der Waals surface area contributed by atoms with Gasteiger partial charge in [0.2, 0.25) is 5.89 Å². The van der Waals surface area contributed by atoms with Gasteiger partial charge in [-0.1, -0.05) is 6.07 Å². The first-order valence-electron chi connectivity index (χ1n) is 7.62. The molecule has 0 spiro atoms. The van der Waals surface area contributed by atoms with Gasteiger partial charge < -0.3 is 18.6 Å². The van der Waals surface area contributed by atoms with E-state index in [1.54, 1.807) is 24.5 Å². The number of hydrogen-bond acceptors (Lipinski definition) is 6. The van der Waals surface area contributed by atoms with Crippen LogP contribution in [0.2, 0.25) is 0 Å². The van der Waals surface area contributed by atoms with Crippen LogP contribution in [0.15, 0.2) is 34.9 Å². The summed E-state index contributed by atoms with van der Waals surface area (Å²) in [6, 6.07) is 6.96. The largest absolute Gasteiger partial charge is 0.465 e. The molecule has 0 amide bonds. The van der Waals surface area contributed by atoms with Gasteiger partial charge in [-0.3, -0.25) is 0 Å². The monoisotopic (exact) mass is 317 g/mol. The third kappa shape index (κ3) is 3.97. The molecule has 122 valence electrons. The summed E-state index contributed by atoms with van der Waals surface area (Å²) in [7, 11) is 1.35. The molecule has 0 aliphatic carbocycles. The van der Waals surface area contributed by atoms with Crippen molar-refractivity contribution >= 4 is 5.97 Å². The Balaban J connectivity index is 1.65. The molecule has 1 aliphatic rings. The van der Waals surface area contributed by atoms with Gasteiger partial charge in [0.15, 0.2) is 6.29 Å². The highest BCUT2D eigenvalue weighted by Gasteiger charge is 2.16. The normalized spacial score (nSPS) is 17.9. The lowest BCUT2D eigenvalue weighted by Crippen LogP contribution is -2.22. The molecule has 2 aromatic rings. The number of ether oxygens (including phenoxy) is 3. The van der Waals surface area contributed by atoms with Crippen LogP contribution in [0.4, 0.5) is 0 Å². The fourth-order valence-corrected chi connectivity index (χ4v) is 2.42. The quantitative estimate of drug-likeness (QED) is 0.789. The highest BCUT2D eigenvalue weighted by molar-refractivity contribution is 5.90. The van der Waals surface area contributed by atoms with Crippen molar-refractivity contribution in [1.82, 2.24) is 4.98 Å². The van der Waals surface area contributed by atoms with Crippen molar-refractivity contribution in [3.63, 3.8) is 0 Å². The minimum Gasteiger partial charge on any atom is -0.465 e. The van der Waals surface area contributed by atoms with Crippen molar-refractivity contribution in [2.75, 3.05) is 13.7 Å². The molecule has 1 aromatic heterocycles. The molecule has 1 aliphatic heterocycles. The number of rotatable bonds is 5. The molecular formula is C17H19NO5.